The Kier molecular flexibility index (Phi) is 5.58. The van der Waals surface area contributed by atoms with Gasteiger partial charge in [-0.25, -0.2) is 0 Å². The van der Waals surface area contributed by atoms with Gasteiger partial charge in [-0.1, -0.05) is 45.7 Å². The van der Waals surface area contributed by atoms with E-state index in [0.29, 0.717) is 23.0 Å². The number of aliphatic hydroxyl groups excluding tert-OH is 1. The predicted octanol–water partition coefficient (Wildman–Crippen LogP) is 3.86. The van der Waals surface area contributed by atoms with Gasteiger partial charge in [0.1, 0.15) is 10.9 Å². The molecule has 1 heterocycles. The fourth-order valence-corrected chi connectivity index (χ4v) is 3.49. The van der Waals surface area contributed by atoms with E-state index in [1.807, 2.05) is 24.3 Å². The Morgan fingerprint density at radius 3 is 2.85 bits per heavy atom. The number of halogens is 2. The summed E-state index contributed by atoms with van der Waals surface area (Å²) in [6.07, 6.45) is -0.587. The van der Waals surface area contributed by atoms with Crippen molar-refractivity contribution in [3.8, 4) is 6.07 Å². The first-order chi connectivity index (χ1) is 9.61. The second-order valence-electron chi connectivity index (χ2n) is 4.17. The van der Waals surface area contributed by atoms with Gasteiger partial charge >= 0.3 is 0 Å². The number of nitrogens with zero attached hydrogens (tertiary/aromatic N) is 1. The van der Waals surface area contributed by atoms with Crippen molar-refractivity contribution in [2.45, 2.75) is 12.6 Å². The van der Waals surface area contributed by atoms with Gasteiger partial charge in [0.2, 0.25) is 0 Å². The van der Waals surface area contributed by atoms with Crippen LogP contribution < -0.4 is 5.32 Å². The van der Waals surface area contributed by atoms with Crippen LogP contribution in [0, 0.1) is 11.3 Å². The normalized spacial score (nSPS) is 12.1. The van der Waals surface area contributed by atoms with Gasteiger partial charge in [0.25, 0.3) is 0 Å². The van der Waals surface area contributed by atoms with Gasteiger partial charge in [0.15, 0.2) is 0 Å². The van der Waals surface area contributed by atoms with Crippen molar-refractivity contribution in [1.29, 1.82) is 5.26 Å². The van der Waals surface area contributed by atoms with Crippen molar-refractivity contribution >= 4 is 38.9 Å². The fraction of sp³-hybridized carbons (Fsp3) is 0.214. The average molecular weight is 372 g/mol. The lowest BCUT2D eigenvalue weighted by Crippen LogP contribution is -2.20. The maximum atomic E-state index is 10.1. The van der Waals surface area contributed by atoms with Gasteiger partial charge < -0.3 is 10.4 Å². The lowest BCUT2D eigenvalue weighted by molar-refractivity contribution is 0.173. The minimum Gasteiger partial charge on any atom is -0.387 e. The van der Waals surface area contributed by atoms with Crippen LogP contribution in [0.1, 0.15) is 21.4 Å². The Morgan fingerprint density at radius 2 is 2.20 bits per heavy atom. The first kappa shape index (κ1) is 15.5. The second-order valence-corrected chi connectivity index (χ2v) is 6.57. The van der Waals surface area contributed by atoms with Gasteiger partial charge in [-0.05, 0) is 17.7 Å². The number of hydrogen-bond acceptors (Lipinski definition) is 4. The van der Waals surface area contributed by atoms with E-state index in [0.717, 1.165) is 14.9 Å². The molecule has 0 amide bonds. The molecule has 2 N–H and O–H groups in total. The fourth-order valence-electron chi connectivity index (χ4n) is 1.77. The molecule has 0 aliphatic carbocycles. The highest BCUT2D eigenvalue weighted by atomic mass is 79.9. The smallest absolute Gasteiger partial charge is 0.123 e. The molecular formula is C14H12BrClN2OS. The van der Waals surface area contributed by atoms with E-state index in [4.69, 9.17) is 16.9 Å². The molecule has 6 heteroatoms. The van der Waals surface area contributed by atoms with E-state index in [1.165, 1.54) is 11.3 Å². The number of rotatable bonds is 5. The molecule has 1 unspecified atom stereocenters. The SMILES string of the molecule is N#Cc1sc(CNCC(O)c2ccccc2Br)cc1Cl. The van der Waals surface area contributed by atoms with Crippen LogP contribution in [0.4, 0.5) is 0 Å². The number of aliphatic hydroxyl groups is 1. The Morgan fingerprint density at radius 1 is 1.45 bits per heavy atom. The standard InChI is InChI=1S/C14H12BrClN2OS/c15-11-4-2-1-3-10(11)13(19)8-18-7-9-5-12(16)14(6-17)20-9/h1-5,13,18-19H,7-8H2. The van der Waals surface area contributed by atoms with Crippen LogP contribution in [0.5, 0.6) is 0 Å². The van der Waals surface area contributed by atoms with Gasteiger partial charge in [-0.3, -0.25) is 0 Å². The molecule has 0 bridgehead atoms. The lowest BCUT2D eigenvalue weighted by Gasteiger charge is -2.13. The molecule has 0 aliphatic heterocycles. The largest absolute Gasteiger partial charge is 0.387 e. The van der Waals surface area contributed by atoms with E-state index in [9.17, 15) is 5.11 Å². The highest BCUT2D eigenvalue weighted by Gasteiger charge is 2.11. The Balaban J connectivity index is 1.90. The summed E-state index contributed by atoms with van der Waals surface area (Å²) >= 11 is 10.7. The Hall–Kier alpha value is -0.900. The van der Waals surface area contributed by atoms with Crippen LogP contribution in [0.15, 0.2) is 34.8 Å². The second kappa shape index (κ2) is 7.21. The third-order valence-electron chi connectivity index (χ3n) is 2.74. The zero-order valence-electron chi connectivity index (χ0n) is 10.4. The molecule has 0 aliphatic rings. The Bertz CT molecular complexity index is 638. The maximum absolute atomic E-state index is 10.1. The Labute approximate surface area is 134 Å². The van der Waals surface area contributed by atoms with Gasteiger partial charge in [-0.15, -0.1) is 11.3 Å². The van der Waals surface area contributed by atoms with Crippen molar-refractivity contribution in [3.05, 3.63) is 55.1 Å². The summed E-state index contributed by atoms with van der Waals surface area (Å²) < 4.78 is 0.889. The quantitative estimate of drug-likeness (QED) is 0.839. The molecule has 2 rings (SSSR count). The van der Waals surface area contributed by atoms with Crippen LogP contribution in [-0.2, 0) is 6.54 Å². The van der Waals surface area contributed by atoms with Crippen molar-refractivity contribution < 1.29 is 5.11 Å². The minimum absolute atomic E-state index is 0.431. The molecule has 1 aromatic carbocycles. The summed E-state index contributed by atoms with van der Waals surface area (Å²) in [5, 5.41) is 22.6. The summed E-state index contributed by atoms with van der Waals surface area (Å²) in [5.41, 5.74) is 0.849. The van der Waals surface area contributed by atoms with Gasteiger partial charge in [-0.2, -0.15) is 5.26 Å². The molecule has 2 aromatic rings. The van der Waals surface area contributed by atoms with Crippen molar-refractivity contribution in [2.75, 3.05) is 6.54 Å². The highest BCUT2D eigenvalue weighted by Crippen LogP contribution is 2.26. The highest BCUT2D eigenvalue weighted by molar-refractivity contribution is 9.10. The van der Waals surface area contributed by atoms with Crippen LogP contribution in [0.3, 0.4) is 0 Å². The third kappa shape index (κ3) is 3.81. The molecule has 0 saturated heterocycles. The van der Waals surface area contributed by atoms with Crippen LogP contribution in [0.2, 0.25) is 5.02 Å². The molecule has 0 fully saturated rings. The molecule has 20 heavy (non-hydrogen) atoms. The third-order valence-corrected chi connectivity index (χ3v) is 4.91. The maximum Gasteiger partial charge on any atom is 0.123 e. The zero-order valence-corrected chi connectivity index (χ0v) is 13.6. The first-order valence-corrected chi connectivity index (χ1v) is 7.92. The van der Waals surface area contributed by atoms with Crippen LogP contribution in [-0.4, -0.2) is 11.7 Å². The van der Waals surface area contributed by atoms with E-state index in [-0.39, 0.29) is 0 Å². The van der Waals surface area contributed by atoms with Crippen molar-refractivity contribution in [3.63, 3.8) is 0 Å². The topological polar surface area (TPSA) is 56.0 Å². The predicted molar refractivity (Wildman–Crippen MR) is 84.9 cm³/mol. The lowest BCUT2D eigenvalue weighted by atomic mass is 10.1. The minimum atomic E-state index is -0.587. The summed E-state index contributed by atoms with van der Waals surface area (Å²) in [7, 11) is 0. The monoisotopic (exact) mass is 370 g/mol. The zero-order chi connectivity index (χ0) is 14.5. The summed E-state index contributed by atoms with van der Waals surface area (Å²) in [6.45, 7) is 1.01. The number of nitrogens with one attached hydrogen (secondary N) is 1. The van der Waals surface area contributed by atoms with Crippen LogP contribution in [0.25, 0.3) is 0 Å². The van der Waals surface area contributed by atoms with Gasteiger partial charge in [0.05, 0.1) is 11.1 Å². The number of benzene rings is 1. The average Bonchev–Trinajstić information content (AvgIpc) is 2.79. The van der Waals surface area contributed by atoms with Crippen molar-refractivity contribution in [1.82, 2.24) is 5.32 Å². The summed E-state index contributed by atoms with van der Waals surface area (Å²) in [6, 6.07) is 11.4. The number of hydrogen-bond donors (Lipinski definition) is 2. The molecule has 3 nitrogen and oxygen atoms in total. The summed E-state index contributed by atoms with van der Waals surface area (Å²) in [5.74, 6) is 0. The van der Waals surface area contributed by atoms with E-state index < -0.39 is 6.10 Å². The molecule has 0 radical (unpaired) electrons. The number of thiophene rings is 1. The molecule has 0 spiro atoms. The molecule has 104 valence electrons. The van der Waals surface area contributed by atoms with E-state index in [2.05, 4.69) is 27.3 Å². The van der Waals surface area contributed by atoms with Crippen molar-refractivity contribution in [2.24, 2.45) is 0 Å². The van der Waals surface area contributed by atoms with E-state index >= 15 is 0 Å². The summed E-state index contributed by atoms with van der Waals surface area (Å²) in [4.78, 5) is 1.50. The van der Waals surface area contributed by atoms with E-state index in [1.54, 1.807) is 6.07 Å². The molecule has 0 saturated carbocycles. The molecule has 1 atom stereocenters. The number of nitriles is 1. The molecule has 1 aromatic heterocycles. The van der Waals surface area contributed by atoms with Crippen LogP contribution >= 0.6 is 38.9 Å². The van der Waals surface area contributed by atoms with Gasteiger partial charge in [0, 0.05) is 22.4 Å². The molecular weight excluding hydrogens is 360 g/mol. The first-order valence-electron chi connectivity index (χ1n) is 5.93.